The van der Waals surface area contributed by atoms with Crippen molar-refractivity contribution in [1.82, 2.24) is 0 Å². The van der Waals surface area contributed by atoms with Crippen molar-refractivity contribution in [3.8, 4) is 5.75 Å². The number of methoxy groups -OCH3 is 1. The van der Waals surface area contributed by atoms with E-state index in [0.29, 0.717) is 12.3 Å². The molecule has 0 heterocycles. The van der Waals surface area contributed by atoms with Crippen molar-refractivity contribution in [2.75, 3.05) is 26.1 Å². The van der Waals surface area contributed by atoms with Gasteiger partial charge < -0.3 is 19.9 Å². The molecule has 0 saturated carbocycles. The average molecular weight is 281 g/mol. The first kappa shape index (κ1) is 15.8. The molecule has 0 unspecified atom stereocenters. The number of hydrogen-bond donors (Lipinski definition) is 1. The number of ether oxygens (including phenoxy) is 3. The molecule has 0 radical (unpaired) electrons. The van der Waals surface area contributed by atoms with E-state index < -0.39 is 11.9 Å². The molecule has 0 amide bonds. The van der Waals surface area contributed by atoms with Gasteiger partial charge in [0.25, 0.3) is 0 Å². The van der Waals surface area contributed by atoms with Gasteiger partial charge in [0.1, 0.15) is 11.3 Å². The van der Waals surface area contributed by atoms with Crippen LogP contribution in [0.3, 0.4) is 0 Å². The summed E-state index contributed by atoms with van der Waals surface area (Å²) in [6.45, 7) is 2.10. The standard InChI is InChI=1S/C14H19NO5/c1-3-4-7-19-13(16)9-20-12-6-5-10(15)8-11(12)14(17)18-2/h5-6,8H,3-4,7,9,15H2,1-2H3. The van der Waals surface area contributed by atoms with E-state index in [1.165, 1.54) is 19.2 Å². The predicted molar refractivity (Wildman–Crippen MR) is 73.6 cm³/mol. The Labute approximate surface area is 117 Å². The molecule has 1 aromatic rings. The minimum absolute atomic E-state index is 0.175. The third kappa shape index (κ3) is 4.79. The molecule has 0 aromatic heterocycles. The lowest BCUT2D eigenvalue weighted by atomic mass is 10.2. The Balaban J connectivity index is 2.63. The maximum absolute atomic E-state index is 11.6. The number of carbonyl (C=O) groups is 2. The summed E-state index contributed by atoms with van der Waals surface area (Å²) in [6, 6.07) is 4.52. The lowest BCUT2D eigenvalue weighted by molar-refractivity contribution is -0.146. The molecule has 0 spiro atoms. The topological polar surface area (TPSA) is 87.9 Å². The van der Waals surface area contributed by atoms with Gasteiger partial charge in [-0.2, -0.15) is 0 Å². The molecule has 20 heavy (non-hydrogen) atoms. The lowest BCUT2D eigenvalue weighted by Gasteiger charge is -2.10. The van der Waals surface area contributed by atoms with Crippen LogP contribution in [-0.2, 0) is 14.3 Å². The molecular weight excluding hydrogens is 262 g/mol. The molecule has 0 fully saturated rings. The first-order chi connectivity index (χ1) is 9.58. The van der Waals surface area contributed by atoms with Crippen LogP contribution in [0.25, 0.3) is 0 Å². The second-order valence-electron chi connectivity index (χ2n) is 4.11. The Bertz CT molecular complexity index is 473. The summed E-state index contributed by atoms with van der Waals surface area (Å²) in [5, 5.41) is 0. The van der Waals surface area contributed by atoms with Gasteiger partial charge >= 0.3 is 11.9 Å². The van der Waals surface area contributed by atoms with Crippen LogP contribution in [0.5, 0.6) is 5.75 Å². The van der Waals surface area contributed by atoms with Crippen LogP contribution in [0.2, 0.25) is 0 Å². The Morgan fingerprint density at radius 3 is 2.70 bits per heavy atom. The number of benzene rings is 1. The maximum atomic E-state index is 11.6. The Morgan fingerprint density at radius 1 is 1.30 bits per heavy atom. The summed E-state index contributed by atoms with van der Waals surface area (Å²) in [6.07, 6.45) is 1.75. The van der Waals surface area contributed by atoms with Gasteiger partial charge in [0, 0.05) is 5.69 Å². The average Bonchev–Trinajstić information content (AvgIpc) is 2.45. The fraction of sp³-hybridized carbons (Fsp3) is 0.429. The Hall–Kier alpha value is -2.24. The molecule has 6 nitrogen and oxygen atoms in total. The quantitative estimate of drug-likeness (QED) is 0.465. The maximum Gasteiger partial charge on any atom is 0.344 e. The first-order valence-electron chi connectivity index (χ1n) is 6.34. The van der Waals surface area contributed by atoms with Crippen molar-refractivity contribution in [2.24, 2.45) is 0 Å². The zero-order valence-corrected chi connectivity index (χ0v) is 11.7. The fourth-order valence-electron chi connectivity index (χ4n) is 1.45. The van der Waals surface area contributed by atoms with Gasteiger partial charge in [-0.25, -0.2) is 9.59 Å². The third-order valence-electron chi connectivity index (χ3n) is 2.52. The van der Waals surface area contributed by atoms with Gasteiger partial charge in [0.15, 0.2) is 6.61 Å². The van der Waals surface area contributed by atoms with E-state index in [1.54, 1.807) is 6.07 Å². The summed E-state index contributed by atoms with van der Waals surface area (Å²) in [5.41, 5.74) is 6.18. The van der Waals surface area contributed by atoms with Crippen LogP contribution < -0.4 is 10.5 Å². The van der Waals surface area contributed by atoms with Gasteiger partial charge in [0.05, 0.1) is 13.7 Å². The summed E-state index contributed by atoms with van der Waals surface area (Å²) in [4.78, 5) is 23.0. The highest BCUT2D eigenvalue weighted by atomic mass is 16.6. The van der Waals surface area contributed by atoms with E-state index in [4.69, 9.17) is 15.2 Å². The number of carbonyl (C=O) groups excluding carboxylic acids is 2. The van der Waals surface area contributed by atoms with Crippen LogP contribution in [-0.4, -0.2) is 32.3 Å². The monoisotopic (exact) mass is 281 g/mol. The third-order valence-corrected chi connectivity index (χ3v) is 2.52. The highest BCUT2D eigenvalue weighted by molar-refractivity contribution is 5.93. The number of anilines is 1. The van der Waals surface area contributed by atoms with Crippen molar-refractivity contribution < 1.29 is 23.8 Å². The van der Waals surface area contributed by atoms with E-state index in [1.807, 2.05) is 6.92 Å². The van der Waals surface area contributed by atoms with Crippen molar-refractivity contribution in [3.05, 3.63) is 23.8 Å². The zero-order valence-electron chi connectivity index (χ0n) is 11.7. The Kier molecular flexibility index (Phi) is 6.36. The van der Waals surface area contributed by atoms with Crippen molar-refractivity contribution >= 4 is 17.6 Å². The molecule has 0 aliphatic carbocycles. The largest absolute Gasteiger partial charge is 0.481 e. The second kappa shape index (κ2) is 8.04. The number of unbranched alkanes of at least 4 members (excludes halogenated alkanes) is 1. The van der Waals surface area contributed by atoms with Gasteiger partial charge in [0.2, 0.25) is 0 Å². The summed E-state index contributed by atoms with van der Waals surface area (Å²) < 4.78 is 14.9. The van der Waals surface area contributed by atoms with Crippen molar-refractivity contribution in [1.29, 1.82) is 0 Å². The highest BCUT2D eigenvalue weighted by Crippen LogP contribution is 2.22. The van der Waals surface area contributed by atoms with Crippen LogP contribution in [0.4, 0.5) is 5.69 Å². The van der Waals surface area contributed by atoms with E-state index >= 15 is 0 Å². The molecule has 0 atom stereocenters. The van der Waals surface area contributed by atoms with E-state index in [9.17, 15) is 9.59 Å². The smallest absolute Gasteiger partial charge is 0.344 e. The summed E-state index contributed by atoms with van der Waals surface area (Å²) >= 11 is 0. The van der Waals surface area contributed by atoms with Crippen LogP contribution >= 0.6 is 0 Å². The van der Waals surface area contributed by atoms with Gasteiger partial charge in [-0.05, 0) is 24.6 Å². The minimum atomic E-state index is -0.577. The van der Waals surface area contributed by atoms with E-state index in [-0.39, 0.29) is 17.9 Å². The summed E-state index contributed by atoms with van der Waals surface area (Å²) in [7, 11) is 1.26. The lowest BCUT2D eigenvalue weighted by Crippen LogP contribution is -2.17. The number of rotatable bonds is 7. The highest BCUT2D eigenvalue weighted by Gasteiger charge is 2.15. The molecule has 0 bridgehead atoms. The van der Waals surface area contributed by atoms with Crippen LogP contribution in [0, 0.1) is 0 Å². The van der Waals surface area contributed by atoms with E-state index in [0.717, 1.165) is 12.8 Å². The Morgan fingerprint density at radius 2 is 2.05 bits per heavy atom. The molecular formula is C14H19NO5. The molecule has 1 rings (SSSR count). The molecule has 0 aliphatic heterocycles. The first-order valence-corrected chi connectivity index (χ1v) is 6.34. The second-order valence-corrected chi connectivity index (χ2v) is 4.11. The SMILES string of the molecule is CCCCOC(=O)COc1ccc(N)cc1C(=O)OC. The number of hydrogen-bond acceptors (Lipinski definition) is 6. The fourth-order valence-corrected chi connectivity index (χ4v) is 1.45. The van der Waals surface area contributed by atoms with Crippen molar-refractivity contribution in [2.45, 2.75) is 19.8 Å². The summed E-state index contributed by atoms with van der Waals surface area (Å²) in [5.74, 6) is -0.823. The number of esters is 2. The molecule has 1 aromatic carbocycles. The predicted octanol–water partition coefficient (Wildman–Crippen LogP) is 1.78. The van der Waals surface area contributed by atoms with Gasteiger partial charge in [-0.1, -0.05) is 13.3 Å². The van der Waals surface area contributed by atoms with Crippen LogP contribution in [0.15, 0.2) is 18.2 Å². The van der Waals surface area contributed by atoms with Crippen molar-refractivity contribution in [3.63, 3.8) is 0 Å². The van der Waals surface area contributed by atoms with Gasteiger partial charge in [-0.15, -0.1) is 0 Å². The van der Waals surface area contributed by atoms with E-state index in [2.05, 4.69) is 4.74 Å². The zero-order chi connectivity index (χ0) is 15.0. The minimum Gasteiger partial charge on any atom is -0.481 e. The normalized spacial score (nSPS) is 9.90. The van der Waals surface area contributed by atoms with Crippen LogP contribution in [0.1, 0.15) is 30.1 Å². The van der Waals surface area contributed by atoms with Gasteiger partial charge in [-0.3, -0.25) is 0 Å². The number of nitrogen functional groups attached to an aromatic ring is 1. The molecule has 6 heteroatoms. The molecule has 0 saturated heterocycles. The molecule has 2 N–H and O–H groups in total. The number of nitrogens with two attached hydrogens (primary N) is 1. The molecule has 0 aliphatic rings. The molecule has 110 valence electrons.